The SMILES string of the molecule is C=C(C)c1cc(Cl)ccc1CCC(=O)NCCC(C)/C(C)=C/C(=N\C(C)=C\C(=N/C)C(C)CCCCC)N1CC(O)C1. The van der Waals surface area contributed by atoms with Crippen molar-refractivity contribution in [1.29, 1.82) is 0 Å². The number of carbonyl (C=O) groups excluding carboxylic acids is 1. The molecular formula is C35H53ClN4O2. The molecule has 1 saturated heterocycles. The van der Waals surface area contributed by atoms with E-state index in [0.29, 0.717) is 43.4 Å². The molecule has 2 rings (SSSR count). The molecule has 1 aromatic rings. The number of nitrogens with zero attached hydrogens (tertiary/aromatic N) is 3. The van der Waals surface area contributed by atoms with Crippen LogP contribution in [-0.2, 0) is 11.2 Å². The molecule has 1 aromatic carbocycles. The van der Waals surface area contributed by atoms with Gasteiger partial charge in [0.25, 0.3) is 0 Å². The van der Waals surface area contributed by atoms with E-state index in [4.69, 9.17) is 16.6 Å². The lowest BCUT2D eigenvalue weighted by Gasteiger charge is -2.38. The summed E-state index contributed by atoms with van der Waals surface area (Å²) in [6.45, 7) is 18.6. The number of hydrogen-bond donors (Lipinski definition) is 2. The second-order valence-corrected chi connectivity index (χ2v) is 12.3. The summed E-state index contributed by atoms with van der Waals surface area (Å²) in [5.41, 5.74) is 6.23. The van der Waals surface area contributed by atoms with E-state index >= 15 is 0 Å². The maximum Gasteiger partial charge on any atom is 0.220 e. The zero-order valence-corrected chi connectivity index (χ0v) is 27.7. The lowest BCUT2D eigenvalue weighted by Crippen LogP contribution is -2.53. The number of nitrogens with one attached hydrogen (secondary N) is 1. The molecule has 1 fully saturated rings. The number of aliphatic imine (C=N–C) groups is 2. The first-order chi connectivity index (χ1) is 19.9. The Morgan fingerprint density at radius 3 is 2.50 bits per heavy atom. The molecule has 1 heterocycles. The Morgan fingerprint density at radius 2 is 1.88 bits per heavy atom. The van der Waals surface area contributed by atoms with E-state index < -0.39 is 0 Å². The van der Waals surface area contributed by atoms with Gasteiger partial charge >= 0.3 is 0 Å². The number of β-amino-alcohol motifs (C(OH)–C–C–N with tert-alkyl or cyclic N) is 1. The van der Waals surface area contributed by atoms with Gasteiger partial charge in [0, 0.05) is 49.5 Å². The molecule has 42 heavy (non-hydrogen) atoms. The molecular weight excluding hydrogens is 544 g/mol. The molecule has 6 nitrogen and oxygen atoms in total. The van der Waals surface area contributed by atoms with Gasteiger partial charge in [0.1, 0.15) is 5.84 Å². The summed E-state index contributed by atoms with van der Waals surface area (Å²) >= 11 is 6.14. The van der Waals surface area contributed by atoms with Crippen LogP contribution in [0, 0.1) is 11.8 Å². The molecule has 2 N–H and O–H groups in total. The third kappa shape index (κ3) is 11.9. The van der Waals surface area contributed by atoms with Crippen molar-refractivity contribution in [3.05, 3.63) is 64.3 Å². The van der Waals surface area contributed by atoms with E-state index in [0.717, 1.165) is 46.8 Å². The van der Waals surface area contributed by atoms with Crippen LogP contribution >= 0.6 is 11.6 Å². The zero-order chi connectivity index (χ0) is 31.2. The van der Waals surface area contributed by atoms with Gasteiger partial charge in [-0.1, -0.05) is 75.4 Å². The molecule has 1 aliphatic rings. The van der Waals surface area contributed by atoms with Crippen molar-refractivity contribution in [2.24, 2.45) is 21.8 Å². The van der Waals surface area contributed by atoms with Gasteiger partial charge in [-0.2, -0.15) is 0 Å². The molecule has 232 valence electrons. The van der Waals surface area contributed by atoms with Crippen LogP contribution in [-0.4, -0.2) is 60.2 Å². The molecule has 0 aliphatic carbocycles. The first-order valence-electron chi connectivity index (χ1n) is 15.5. The van der Waals surface area contributed by atoms with Crippen LogP contribution in [0.5, 0.6) is 0 Å². The van der Waals surface area contributed by atoms with Crippen molar-refractivity contribution < 1.29 is 9.90 Å². The average Bonchev–Trinajstić information content (AvgIpc) is 2.92. The van der Waals surface area contributed by atoms with Crippen molar-refractivity contribution in [2.75, 3.05) is 26.7 Å². The average molecular weight is 597 g/mol. The lowest BCUT2D eigenvalue weighted by atomic mass is 9.97. The number of aliphatic hydroxyl groups is 1. The highest BCUT2D eigenvalue weighted by Crippen LogP contribution is 2.23. The van der Waals surface area contributed by atoms with Gasteiger partial charge in [-0.05, 0) is 87.3 Å². The van der Waals surface area contributed by atoms with Crippen LogP contribution < -0.4 is 5.32 Å². The highest BCUT2D eigenvalue weighted by atomic mass is 35.5. The largest absolute Gasteiger partial charge is 0.389 e. The maximum atomic E-state index is 12.6. The summed E-state index contributed by atoms with van der Waals surface area (Å²) in [6.07, 6.45) is 10.6. The van der Waals surface area contributed by atoms with Gasteiger partial charge in [0.05, 0.1) is 6.10 Å². The Balaban J connectivity index is 1.99. The molecule has 0 bridgehead atoms. The Labute approximate surface area is 259 Å². The van der Waals surface area contributed by atoms with Crippen LogP contribution in [0.2, 0.25) is 5.02 Å². The quantitative estimate of drug-likeness (QED) is 0.117. The van der Waals surface area contributed by atoms with E-state index in [1.54, 1.807) is 0 Å². The first kappa shape index (κ1) is 35.5. The van der Waals surface area contributed by atoms with E-state index in [1.165, 1.54) is 24.8 Å². The number of carbonyl (C=O) groups is 1. The topological polar surface area (TPSA) is 77.3 Å². The zero-order valence-electron chi connectivity index (χ0n) is 27.0. The number of amidine groups is 1. The van der Waals surface area contributed by atoms with Crippen LogP contribution in [0.4, 0.5) is 0 Å². The fourth-order valence-electron chi connectivity index (χ4n) is 5.04. The maximum absolute atomic E-state index is 12.6. The minimum atomic E-state index is -0.313. The number of amides is 1. The van der Waals surface area contributed by atoms with Crippen LogP contribution in [0.25, 0.3) is 5.57 Å². The predicted octanol–water partition coefficient (Wildman–Crippen LogP) is 7.66. The highest BCUT2D eigenvalue weighted by molar-refractivity contribution is 6.30. The van der Waals surface area contributed by atoms with Crippen molar-refractivity contribution in [2.45, 2.75) is 92.6 Å². The summed E-state index contributed by atoms with van der Waals surface area (Å²) in [4.78, 5) is 24.2. The minimum absolute atomic E-state index is 0.0429. The van der Waals surface area contributed by atoms with E-state index in [9.17, 15) is 9.90 Å². The predicted molar refractivity (Wildman–Crippen MR) is 180 cm³/mol. The van der Waals surface area contributed by atoms with Gasteiger partial charge in [0.2, 0.25) is 5.91 Å². The summed E-state index contributed by atoms with van der Waals surface area (Å²) in [6, 6.07) is 5.75. The molecule has 0 aromatic heterocycles. The minimum Gasteiger partial charge on any atom is -0.389 e. The van der Waals surface area contributed by atoms with Crippen molar-refractivity contribution in [3.63, 3.8) is 0 Å². The number of rotatable bonds is 16. The normalized spacial score (nSPS) is 16.7. The van der Waals surface area contributed by atoms with Crippen molar-refractivity contribution >= 4 is 34.6 Å². The number of likely N-dealkylation sites (tertiary alicyclic amines) is 1. The summed E-state index contributed by atoms with van der Waals surface area (Å²) in [7, 11) is 1.85. The number of hydrogen-bond acceptors (Lipinski definition) is 4. The van der Waals surface area contributed by atoms with Crippen LogP contribution in [0.3, 0.4) is 0 Å². The molecule has 0 saturated carbocycles. The molecule has 2 atom stereocenters. The summed E-state index contributed by atoms with van der Waals surface area (Å²) in [5.74, 6) is 1.57. The number of unbranched alkanes of at least 4 members (excludes halogenated alkanes) is 2. The Kier molecular flexibility index (Phi) is 15.3. The van der Waals surface area contributed by atoms with Gasteiger partial charge in [-0.15, -0.1) is 0 Å². The fraction of sp³-hybridized carbons (Fsp3) is 0.571. The van der Waals surface area contributed by atoms with Gasteiger partial charge < -0.3 is 15.3 Å². The van der Waals surface area contributed by atoms with Crippen molar-refractivity contribution in [3.8, 4) is 0 Å². The number of benzene rings is 1. The standard InChI is InChI=1S/C35H53ClN4O2/c1-9-10-11-12-26(5)33(37-8)20-28(7)39-34(40-22-31(41)23-40)19-27(6)25(4)17-18-38-35(42)16-14-29-13-15-30(36)21-32(29)24(2)3/h13,15,19-21,25-26,31,41H,2,9-12,14,16-18,22-23H2,1,3-8H3,(H,38,42)/b27-19+,28-20+,37-33+,39-34+. The summed E-state index contributed by atoms with van der Waals surface area (Å²) in [5, 5.41) is 13.7. The monoisotopic (exact) mass is 596 g/mol. The third-order valence-corrected chi connectivity index (χ3v) is 8.26. The molecule has 2 unspecified atom stereocenters. The number of allylic oxidation sites excluding steroid dienone is 4. The Bertz CT molecular complexity index is 1180. The van der Waals surface area contributed by atoms with Crippen LogP contribution in [0.15, 0.2) is 58.2 Å². The van der Waals surface area contributed by atoms with Gasteiger partial charge in [0.15, 0.2) is 0 Å². The molecule has 0 radical (unpaired) electrons. The summed E-state index contributed by atoms with van der Waals surface area (Å²) < 4.78 is 0. The number of aliphatic hydroxyl groups excluding tert-OH is 1. The van der Waals surface area contributed by atoms with Crippen molar-refractivity contribution in [1.82, 2.24) is 10.2 Å². The highest BCUT2D eigenvalue weighted by Gasteiger charge is 2.26. The molecule has 1 amide bonds. The van der Waals surface area contributed by atoms with Crippen LogP contribution in [0.1, 0.15) is 91.2 Å². The molecule has 1 aliphatic heterocycles. The van der Waals surface area contributed by atoms with Gasteiger partial charge in [-0.25, -0.2) is 4.99 Å². The van der Waals surface area contributed by atoms with E-state index in [2.05, 4.69) is 61.6 Å². The Hall–Kier alpha value is -2.70. The fourth-order valence-corrected chi connectivity index (χ4v) is 5.21. The van der Waals surface area contributed by atoms with Gasteiger partial charge in [-0.3, -0.25) is 9.79 Å². The second-order valence-electron chi connectivity index (χ2n) is 11.9. The second kappa shape index (κ2) is 18.1. The smallest absolute Gasteiger partial charge is 0.220 e. The first-order valence-corrected chi connectivity index (χ1v) is 15.9. The number of aryl methyl sites for hydroxylation is 1. The lowest BCUT2D eigenvalue weighted by molar-refractivity contribution is -0.121. The third-order valence-electron chi connectivity index (χ3n) is 8.02. The Morgan fingerprint density at radius 1 is 1.17 bits per heavy atom. The van der Waals surface area contributed by atoms with E-state index in [-0.39, 0.29) is 17.9 Å². The molecule has 7 heteroatoms. The van der Waals surface area contributed by atoms with E-state index in [1.807, 2.05) is 39.1 Å². The molecule has 0 spiro atoms. The number of halogens is 1.